The monoisotopic (exact) mass is 435 g/mol. The van der Waals surface area contributed by atoms with E-state index >= 15 is 0 Å². The SMILES string of the molecule is COc1cc(C(=O)NCC(=O)NC2CCCN(c3ncccn3)C2)ccc1OC(F)F. The van der Waals surface area contributed by atoms with Crippen molar-refractivity contribution in [2.24, 2.45) is 0 Å². The summed E-state index contributed by atoms with van der Waals surface area (Å²) in [6.07, 6.45) is 5.02. The molecule has 1 aliphatic heterocycles. The molecule has 3 rings (SSSR count). The van der Waals surface area contributed by atoms with Crippen LogP contribution in [0.15, 0.2) is 36.7 Å². The van der Waals surface area contributed by atoms with Crippen LogP contribution in [0.5, 0.6) is 11.5 Å². The maximum Gasteiger partial charge on any atom is 0.387 e. The summed E-state index contributed by atoms with van der Waals surface area (Å²) >= 11 is 0. The summed E-state index contributed by atoms with van der Waals surface area (Å²) in [5.74, 6) is -0.458. The highest BCUT2D eigenvalue weighted by molar-refractivity contribution is 5.97. The Bertz CT molecular complexity index is 900. The zero-order chi connectivity index (χ0) is 22.2. The van der Waals surface area contributed by atoms with Gasteiger partial charge in [0.05, 0.1) is 13.7 Å². The Morgan fingerprint density at radius 2 is 2.03 bits per heavy atom. The second-order valence-corrected chi connectivity index (χ2v) is 6.83. The number of nitrogens with zero attached hydrogens (tertiary/aromatic N) is 3. The number of nitrogens with one attached hydrogen (secondary N) is 2. The van der Waals surface area contributed by atoms with Crippen molar-refractivity contribution in [3.05, 3.63) is 42.2 Å². The van der Waals surface area contributed by atoms with Crippen LogP contribution >= 0.6 is 0 Å². The minimum absolute atomic E-state index is 0.0113. The van der Waals surface area contributed by atoms with Gasteiger partial charge in [0.2, 0.25) is 11.9 Å². The van der Waals surface area contributed by atoms with Gasteiger partial charge in [0.25, 0.3) is 5.91 Å². The van der Waals surface area contributed by atoms with Crippen LogP contribution in [0.2, 0.25) is 0 Å². The van der Waals surface area contributed by atoms with Crippen molar-refractivity contribution in [2.75, 3.05) is 31.6 Å². The summed E-state index contributed by atoms with van der Waals surface area (Å²) in [6.45, 7) is -1.86. The lowest BCUT2D eigenvalue weighted by atomic mass is 10.1. The first kappa shape index (κ1) is 22.2. The Kier molecular flexibility index (Phi) is 7.52. The lowest BCUT2D eigenvalue weighted by molar-refractivity contribution is -0.120. The fraction of sp³-hybridized carbons (Fsp3) is 0.400. The lowest BCUT2D eigenvalue weighted by Gasteiger charge is -2.33. The minimum Gasteiger partial charge on any atom is -0.493 e. The van der Waals surface area contributed by atoms with E-state index < -0.39 is 12.5 Å². The zero-order valence-corrected chi connectivity index (χ0v) is 16.9. The number of piperidine rings is 1. The highest BCUT2D eigenvalue weighted by Crippen LogP contribution is 2.29. The van der Waals surface area contributed by atoms with E-state index in [1.807, 2.05) is 4.90 Å². The van der Waals surface area contributed by atoms with E-state index in [0.29, 0.717) is 12.5 Å². The van der Waals surface area contributed by atoms with Crippen molar-refractivity contribution >= 4 is 17.8 Å². The number of hydrogen-bond acceptors (Lipinski definition) is 7. The normalized spacial score (nSPS) is 16.0. The molecule has 1 aliphatic rings. The topological polar surface area (TPSA) is 106 Å². The van der Waals surface area contributed by atoms with E-state index in [9.17, 15) is 18.4 Å². The van der Waals surface area contributed by atoms with Gasteiger partial charge in [-0.1, -0.05) is 0 Å². The van der Waals surface area contributed by atoms with E-state index in [2.05, 4.69) is 25.3 Å². The molecule has 2 heterocycles. The molecule has 11 heteroatoms. The minimum atomic E-state index is -3.01. The maximum absolute atomic E-state index is 12.4. The van der Waals surface area contributed by atoms with Crippen molar-refractivity contribution in [1.29, 1.82) is 0 Å². The van der Waals surface area contributed by atoms with E-state index in [-0.39, 0.29) is 35.6 Å². The molecule has 166 valence electrons. The Hall–Kier alpha value is -3.50. The number of rotatable bonds is 8. The van der Waals surface area contributed by atoms with Crippen LogP contribution in [0.25, 0.3) is 0 Å². The molecular formula is C20H23F2N5O4. The number of carbonyl (C=O) groups is 2. The number of alkyl halides is 2. The van der Waals surface area contributed by atoms with Gasteiger partial charge in [0.1, 0.15) is 0 Å². The van der Waals surface area contributed by atoms with Gasteiger partial charge in [-0.3, -0.25) is 9.59 Å². The molecule has 31 heavy (non-hydrogen) atoms. The average molecular weight is 435 g/mol. The number of ether oxygens (including phenoxy) is 2. The number of halogens is 2. The second-order valence-electron chi connectivity index (χ2n) is 6.83. The van der Waals surface area contributed by atoms with Gasteiger partial charge in [-0.25, -0.2) is 9.97 Å². The van der Waals surface area contributed by atoms with Gasteiger partial charge in [0, 0.05) is 37.1 Å². The van der Waals surface area contributed by atoms with E-state index in [4.69, 9.17) is 4.74 Å². The van der Waals surface area contributed by atoms with Crippen molar-refractivity contribution in [2.45, 2.75) is 25.5 Å². The molecule has 1 aromatic carbocycles. The number of benzene rings is 1. The molecule has 0 radical (unpaired) electrons. The quantitative estimate of drug-likeness (QED) is 0.649. The number of methoxy groups -OCH3 is 1. The first-order valence-corrected chi connectivity index (χ1v) is 9.68. The Morgan fingerprint density at radius 3 is 2.74 bits per heavy atom. The Balaban J connectivity index is 1.50. The summed E-state index contributed by atoms with van der Waals surface area (Å²) in [4.78, 5) is 35.1. The summed E-state index contributed by atoms with van der Waals surface area (Å²) in [5.41, 5.74) is 0.149. The largest absolute Gasteiger partial charge is 0.493 e. The molecule has 2 amide bonds. The highest BCUT2D eigenvalue weighted by Gasteiger charge is 2.23. The molecule has 0 spiro atoms. The van der Waals surface area contributed by atoms with Crippen LogP contribution in [0.4, 0.5) is 14.7 Å². The predicted octanol–water partition coefficient (Wildman–Crippen LogP) is 1.60. The van der Waals surface area contributed by atoms with Gasteiger partial charge in [-0.2, -0.15) is 8.78 Å². The zero-order valence-electron chi connectivity index (χ0n) is 16.9. The average Bonchev–Trinajstić information content (AvgIpc) is 2.78. The number of aromatic nitrogens is 2. The molecule has 1 fully saturated rings. The molecule has 1 unspecified atom stereocenters. The third-order valence-electron chi connectivity index (χ3n) is 4.67. The van der Waals surface area contributed by atoms with Gasteiger partial charge in [0.15, 0.2) is 11.5 Å². The molecule has 1 saturated heterocycles. The number of anilines is 1. The van der Waals surface area contributed by atoms with E-state index in [1.54, 1.807) is 18.5 Å². The van der Waals surface area contributed by atoms with E-state index in [0.717, 1.165) is 19.4 Å². The van der Waals surface area contributed by atoms with E-state index in [1.165, 1.54) is 25.3 Å². The third-order valence-corrected chi connectivity index (χ3v) is 4.67. The number of hydrogen-bond donors (Lipinski definition) is 2. The molecule has 0 bridgehead atoms. The van der Waals surface area contributed by atoms with Crippen molar-refractivity contribution in [3.8, 4) is 11.5 Å². The highest BCUT2D eigenvalue weighted by atomic mass is 19.3. The lowest BCUT2D eigenvalue weighted by Crippen LogP contribution is -2.50. The Labute approximate surface area is 177 Å². The van der Waals surface area contributed by atoms with Crippen LogP contribution in [0.3, 0.4) is 0 Å². The molecule has 2 aromatic rings. The van der Waals surface area contributed by atoms with Crippen LogP contribution < -0.4 is 25.0 Å². The fourth-order valence-electron chi connectivity index (χ4n) is 3.27. The molecular weight excluding hydrogens is 412 g/mol. The van der Waals surface area contributed by atoms with Crippen molar-refractivity contribution < 1.29 is 27.8 Å². The first-order chi connectivity index (χ1) is 15.0. The van der Waals surface area contributed by atoms with Crippen LogP contribution in [-0.2, 0) is 4.79 Å². The smallest absolute Gasteiger partial charge is 0.387 e. The summed E-state index contributed by atoms with van der Waals surface area (Å²) in [7, 11) is 1.27. The first-order valence-electron chi connectivity index (χ1n) is 9.68. The summed E-state index contributed by atoms with van der Waals surface area (Å²) in [5, 5.41) is 5.41. The molecule has 2 N–H and O–H groups in total. The van der Waals surface area contributed by atoms with Crippen LogP contribution in [0.1, 0.15) is 23.2 Å². The van der Waals surface area contributed by atoms with Crippen LogP contribution in [0, 0.1) is 0 Å². The number of carbonyl (C=O) groups excluding carboxylic acids is 2. The standard InChI is InChI=1S/C20H23F2N5O4/c1-30-16-10-13(5-6-15(16)31-19(21)22)18(29)25-11-17(28)26-14-4-2-9-27(12-14)20-23-7-3-8-24-20/h3,5-8,10,14,19H,2,4,9,11-12H2,1H3,(H,25,29)(H,26,28). The predicted molar refractivity (Wildman–Crippen MR) is 107 cm³/mol. The van der Waals surface area contributed by atoms with Crippen molar-refractivity contribution in [1.82, 2.24) is 20.6 Å². The molecule has 9 nitrogen and oxygen atoms in total. The third kappa shape index (κ3) is 6.24. The number of amides is 2. The van der Waals surface area contributed by atoms with Gasteiger partial charge in [-0.15, -0.1) is 0 Å². The fourth-order valence-corrected chi connectivity index (χ4v) is 3.27. The molecule has 0 aliphatic carbocycles. The maximum atomic E-state index is 12.4. The van der Waals surface area contributed by atoms with Gasteiger partial charge in [-0.05, 0) is 37.1 Å². The summed E-state index contributed by atoms with van der Waals surface area (Å²) < 4.78 is 34.1. The van der Waals surface area contributed by atoms with Gasteiger partial charge >= 0.3 is 6.61 Å². The second kappa shape index (κ2) is 10.5. The molecule has 1 aromatic heterocycles. The molecule has 1 atom stereocenters. The van der Waals surface area contributed by atoms with Crippen LogP contribution in [-0.4, -0.2) is 61.2 Å². The molecule has 0 saturated carbocycles. The summed E-state index contributed by atoms with van der Waals surface area (Å²) in [6, 6.07) is 5.44. The van der Waals surface area contributed by atoms with Crippen molar-refractivity contribution in [3.63, 3.8) is 0 Å². The van der Waals surface area contributed by atoms with Gasteiger partial charge < -0.3 is 25.0 Å². The Morgan fingerprint density at radius 1 is 1.26 bits per heavy atom.